The quantitative estimate of drug-likeness (QED) is 0.673. The topological polar surface area (TPSA) is 84.7 Å². The van der Waals surface area contributed by atoms with Gasteiger partial charge in [0, 0.05) is 42.9 Å². The third kappa shape index (κ3) is 3.30. The van der Waals surface area contributed by atoms with Crippen molar-refractivity contribution in [1.29, 1.82) is 0 Å². The van der Waals surface area contributed by atoms with Gasteiger partial charge in [0.2, 0.25) is 0 Å². The number of nitro benzene ring substituents is 1. The Morgan fingerprint density at radius 3 is 2.52 bits per heavy atom. The first-order valence-electron chi connectivity index (χ1n) is 6.80. The van der Waals surface area contributed by atoms with Crippen LogP contribution in [-0.4, -0.2) is 48.0 Å². The lowest BCUT2D eigenvalue weighted by Gasteiger charge is -2.36. The van der Waals surface area contributed by atoms with Gasteiger partial charge < -0.3 is 15.0 Å². The maximum atomic E-state index is 12.5. The fraction of sp³-hybridized carbons (Fsp3) is 0.500. The molecule has 1 aliphatic rings. The molecule has 1 heterocycles. The highest BCUT2D eigenvalue weighted by atomic mass is 16.6. The summed E-state index contributed by atoms with van der Waals surface area (Å²) in [5.74, 6) is -0.0366. The zero-order valence-corrected chi connectivity index (χ0v) is 12.3. The maximum absolute atomic E-state index is 12.5. The molecule has 1 saturated heterocycles. The Morgan fingerprint density at radius 2 is 2.00 bits per heavy atom. The number of nitrogens with one attached hydrogen (secondary N) is 1. The highest BCUT2D eigenvalue weighted by Crippen LogP contribution is 2.28. The molecule has 2 rings (SSSR count). The van der Waals surface area contributed by atoms with Crippen molar-refractivity contribution in [3.8, 4) is 5.75 Å². The first-order chi connectivity index (χ1) is 9.92. The van der Waals surface area contributed by atoms with Crippen molar-refractivity contribution >= 4 is 11.6 Å². The second kappa shape index (κ2) is 6.09. The average molecular weight is 293 g/mol. The van der Waals surface area contributed by atoms with E-state index in [1.807, 2.05) is 13.8 Å². The summed E-state index contributed by atoms with van der Waals surface area (Å²) in [5, 5.41) is 14.2. The first kappa shape index (κ1) is 15.2. The lowest BCUT2D eigenvalue weighted by Crippen LogP contribution is -2.55. The van der Waals surface area contributed by atoms with Crippen LogP contribution < -0.4 is 10.1 Å². The predicted octanol–water partition coefficient (Wildman–Crippen LogP) is 1.43. The summed E-state index contributed by atoms with van der Waals surface area (Å²) >= 11 is 0. The molecule has 114 valence electrons. The number of carbonyl (C=O) groups is 1. The van der Waals surface area contributed by atoms with E-state index in [0.29, 0.717) is 18.7 Å². The van der Waals surface area contributed by atoms with Gasteiger partial charge in [0.15, 0.2) is 5.75 Å². The van der Waals surface area contributed by atoms with Gasteiger partial charge in [-0.25, -0.2) is 0 Å². The number of carbonyl (C=O) groups excluding carboxylic acids is 1. The largest absolute Gasteiger partial charge is 0.490 e. The zero-order valence-electron chi connectivity index (χ0n) is 12.3. The molecule has 7 nitrogen and oxygen atoms in total. The highest BCUT2D eigenvalue weighted by molar-refractivity contribution is 5.95. The molecule has 2 atom stereocenters. The van der Waals surface area contributed by atoms with Crippen molar-refractivity contribution in [3.63, 3.8) is 0 Å². The van der Waals surface area contributed by atoms with Crippen LogP contribution in [0.4, 0.5) is 5.69 Å². The number of rotatable bonds is 3. The van der Waals surface area contributed by atoms with Gasteiger partial charge in [-0.1, -0.05) is 0 Å². The van der Waals surface area contributed by atoms with Crippen LogP contribution in [0.3, 0.4) is 0 Å². The molecular formula is C14H19N3O4. The molecule has 0 spiro atoms. The maximum Gasteiger partial charge on any atom is 0.310 e. The molecule has 1 aliphatic heterocycles. The molecule has 0 saturated carbocycles. The van der Waals surface area contributed by atoms with Gasteiger partial charge in [0.05, 0.1) is 12.0 Å². The van der Waals surface area contributed by atoms with E-state index in [1.54, 1.807) is 4.90 Å². The molecule has 0 aliphatic carbocycles. The van der Waals surface area contributed by atoms with Crippen molar-refractivity contribution in [2.75, 3.05) is 20.2 Å². The molecule has 0 radical (unpaired) electrons. The minimum atomic E-state index is -0.526. The van der Waals surface area contributed by atoms with Crippen LogP contribution in [-0.2, 0) is 0 Å². The molecule has 7 heteroatoms. The number of piperazine rings is 1. The third-order valence-electron chi connectivity index (χ3n) is 3.47. The Balaban J connectivity index is 2.25. The van der Waals surface area contributed by atoms with Crippen molar-refractivity contribution in [1.82, 2.24) is 10.2 Å². The summed E-state index contributed by atoms with van der Waals surface area (Å²) in [4.78, 5) is 24.6. The SMILES string of the molecule is COc1cc(C(=O)N2CC(C)NC(C)C2)ccc1[N+](=O)[O-]. The van der Waals surface area contributed by atoms with E-state index in [1.165, 1.54) is 25.3 Å². The smallest absolute Gasteiger partial charge is 0.310 e. The molecule has 0 bridgehead atoms. The van der Waals surface area contributed by atoms with Crippen LogP contribution in [0, 0.1) is 10.1 Å². The zero-order chi connectivity index (χ0) is 15.6. The van der Waals surface area contributed by atoms with Crippen LogP contribution in [0.15, 0.2) is 18.2 Å². The second-order valence-electron chi connectivity index (χ2n) is 5.32. The molecular weight excluding hydrogens is 274 g/mol. The van der Waals surface area contributed by atoms with E-state index in [0.717, 1.165) is 0 Å². The summed E-state index contributed by atoms with van der Waals surface area (Å²) in [5.41, 5.74) is 0.259. The monoisotopic (exact) mass is 293 g/mol. The van der Waals surface area contributed by atoms with Crippen LogP contribution in [0.1, 0.15) is 24.2 Å². The Hall–Kier alpha value is -2.15. The standard InChI is InChI=1S/C14H19N3O4/c1-9-7-16(8-10(2)15-9)14(18)11-4-5-12(17(19)20)13(6-11)21-3/h4-6,9-10,15H,7-8H2,1-3H3. The number of methoxy groups -OCH3 is 1. The van der Waals surface area contributed by atoms with E-state index < -0.39 is 4.92 Å². The molecule has 2 unspecified atom stereocenters. The number of hydrogen-bond acceptors (Lipinski definition) is 5. The Kier molecular flexibility index (Phi) is 4.42. The Morgan fingerprint density at radius 1 is 1.38 bits per heavy atom. The molecule has 1 amide bonds. The minimum Gasteiger partial charge on any atom is -0.490 e. The normalized spacial score (nSPS) is 22.0. The number of nitro groups is 1. The van der Waals surface area contributed by atoms with Crippen molar-refractivity contribution in [2.45, 2.75) is 25.9 Å². The fourth-order valence-electron chi connectivity index (χ4n) is 2.64. The van der Waals surface area contributed by atoms with Gasteiger partial charge in [0.25, 0.3) is 5.91 Å². The van der Waals surface area contributed by atoms with E-state index in [4.69, 9.17) is 4.74 Å². The lowest BCUT2D eigenvalue weighted by atomic mass is 10.1. The summed E-state index contributed by atoms with van der Waals surface area (Å²) in [6.45, 7) is 5.27. The van der Waals surface area contributed by atoms with Gasteiger partial charge >= 0.3 is 5.69 Å². The van der Waals surface area contributed by atoms with Crippen LogP contribution >= 0.6 is 0 Å². The predicted molar refractivity (Wildman–Crippen MR) is 77.6 cm³/mol. The van der Waals surface area contributed by atoms with Gasteiger partial charge in [-0.05, 0) is 19.9 Å². The minimum absolute atomic E-state index is 0.0991. The van der Waals surface area contributed by atoms with Crippen molar-refractivity contribution in [2.24, 2.45) is 0 Å². The van der Waals surface area contributed by atoms with Crippen LogP contribution in [0.25, 0.3) is 0 Å². The molecule has 0 aromatic heterocycles. The van der Waals surface area contributed by atoms with E-state index in [2.05, 4.69) is 5.32 Å². The number of hydrogen-bond donors (Lipinski definition) is 1. The lowest BCUT2D eigenvalue weighted by molar-refractivity contribution is -0.385. The number of nitrogens with zero attached hydrogens (tertiary/aromatic N) is 2. The van der Waals surface area contributed by atoms with Crippen molar-refractivity contribution in [3.05, 3.63) is 33.9 Å². The van der Waals surface area contributed by atoms with E-state index in [9.17, 15) is 14.9 Å². The summed E-state index contributed by atoms with van der Waals surface area (Å²) < 4.78 is 5.00. The van der Waals surface area contributed by atoms with Gasteiger partial charge in [0.1, 0.15) is 0 Å². The summed E-state index contributed by atoms with van der Waals surface area (Å²) in [6, 6.07) is 4.65. The summed E-state index contributed by atoms with van der Waals surface area (Å²) in [7, 11) is 1.35. The van der Waals surface area contributed by atoms with E-state index >= 15 is 0 Å². The Labute approximate surface area is 123 Å². The highest BCUT2D eigenvalue weighted by Gasteiger charge is 2.27. The number of amides is 1. The average Bonchev–Trinajstić information content (AvgIpc) is 2.44. The van der Waals surface area contributed by atoms with Gasteiger partial charge in [-0.15, -0.1) is 0 Å². The molecule has 1 N–H and O–H groups in total. The molecule has 1 aromatic carbocycles. The van der Waals surface area contributed by atoms with E-state index in [-0.39, 0.29) is 29.4 Å². The van der Waals surface area contributed by atoms with Gasteiger partial charge in [-0.2, -0.15) is 0 Å². The number of benzene rings is 1. The Bertz CT molecular complexity index is 551. The van der Waals surface area contributed by atoms with Crippen LogP contribution in [0.5, 0.6) is 5.75 Å². The molecule has 1 fully saturated rings. The number of ether oxygens (including phenoxy) is 1. The molecule has 1 aromatic rings. The fourth-order valence-corrected chi connectivity index (χ4v) is 2.64. The first-order valence-corrected chi connectivity index (χ1v) is 6.80. The van der Waals surface area contributed by atoms with Crippen LogP contribution in [0.2, 0.25) is 0 Å². The third-order valence-corrected chi connectivity index (χ3v) is 3.47. The molecule has 21 heavy (non-hydrogen) atoms. The van der Waals surface area contributed by atoms with Gasteiger partial charge in [-0.3, -0.25) is 14.9 Å². The second-order valence-corrected chi connectivity index (χ2v) is 5.32. The summed E-state index contributed by atoms with van der Waals surface area (Å²) in [6.07, 6.45) is 0. The van der Waals surface area contributed by atoms with Crippen molar-refractivity contribution < 1.29 is 14.5 Å².